The highest BCUT2D eigenvalue weighted by atomic mass is 32.2. The lowest BCUT2D eigenvalue weighted by Crippen LogP contribution is -2.57. The highest BCUT2D eigenvalue weighted by Crippen LogP contribution is 2.02. The third kappa shape index (κ3) is 10.4. The van der Waals surface area contributed by atoms with Gasteiger partial charge in [0.05, 0.1) is 19.1 Å². The van der Waals surface area contributed by atoms with Gasteiger partial charge < -0.3 is 37.6 Å². The zero-order valence-corrected chi connectivity index (χ0v) is 15.6. The van der Waals surface area contributed by atoms with Crippen LogP contribution in [-0.2, 0) is 24.0 Å². The minimum atomic E-state index is -1.42. The average molecular weight is 407 g/mol. The quantitative estimate of drug-likeness (QED) is 0.159. The van der Waals surface area contributed by atoms with Crippen LogP contribution >= 0.6 is 11.8 Å². The molecule has 0 rings (SSSR count). The second-order valence-electron chi connectivity index (χ2n) is 5.47. The van der Waals surface area contributed by atoms with Crippen LogP contribution < -0.4 is 27.4 Å². The molecular formula is C14H25N5O7S. The van der Waals surface area contributed by atoms with Crippen molar-refractivity contribution in [2.75, 3.05) is 25.2 Å². The van der Waals surface area contributed by atoms with E-state index in [-0.39, 0.29) is 6.42 Å². The molecule has 12 nitrogen and oxygen atoms in total. The van der Waals surface area contributed by atoms with Gasteiger partial charge in [-0.05, 0) is 18.4 Å². The van der Waals surface area contributed by atoms with Crippen LogP contribution in [0.3, 0.4) is 0 Å². The van der Waals surface area contributed by atoms with Crippen molar-refractivity contribution in [1.29, 1.82) is 0 Å². The summed E-state index contributed by atoms with van der Waals surface area (Å²) in [6.07, 6.45) is 1.54. The number of carboxylic acids is 1. The van der Waals surface area contributed by atoms with Crippen molar-refractivity contribution in [1.82, 2.24) is 16.0 Å². The number of aliphatic carboxylic acids is 1. The predicted molar refractivity (Wildman–Crippen MR) is 96.4 cm³/mol. The number of aliphatic hydroxyl groups excluding tert-OH is 1. The zero-order chi connectivity index (χ0) is 21.0. The zero-order valence-electron chi connectivity index (χ0n) is 14.8. The molecule has 3 atom stereocenters. The van der Waals surface area contributed by atoms with E-state index in [0.29, 0.717) is 5.75 Å². The van der Waals surface area contributed by atoms with Crippen molar-refractivity contribution < 1.29 is 34.2 Å². The van der Waals surface area contributed by atoms with Gasteiger partial charge in [0.1, 0.15) is 18.6 Å². The molecule has 0 spiro atoms. The third-order valence-corrected chi connectivity index (χ3v) is 3.87. The number of nitrogens with two attached hydrogens (primary N) is 2. The summed E-state index contributed by atoms with van der Waals surface area (Å²) in [5.74, 6) is -4.02. The molecule has 4 amide bonds. The maximum absolute atomic E-state index is 12.2. The van der Waals surface area contributed by atoms with E-state index in [4.69, 9.17) is 16.6 Å². The van der Waals surface area contributed by atoms with Gasteiger partial charge in [-0.3, -0.25) is 24.0 Å². The van der Waals surface area contributed by atoms with E-state index in [9.17, 15) is 29.1 Å². The summed E-state index contributed by atoms with van der Waals surface area (Å²) in [4.78, 5) is 57.4. The molecule has 0 aliphatic carbocycles. The van der Waals surface area contributed by atoms with E-state index in [1.807, 2.05) is 0 Å². The van der Waals surface area contributed by atoms with Crippen molar-refractivity contribution in [2.24, 2.45) is 11.5 Å². The topological polar surface area (TPSA) is 214 Å². The molecule has 0 saturated heterocycles. The number of nitrogens with one attached hydrogen (secondary N) is 3. The summed E-state index contributed by atoms with van der Waals surface area (Å²) in [6, 6.07) is -3.77. The van der Waals surface area contributed by atoms with Crippen molar-refractivity contribution in [2.45, 2.75) is 31.0 Å². The van der Waals surface area contributed by atoms with E-state index in [2.05, 4.69) is 16.0 Å². The van der Waals surface area contributed by atoms with E-state index in [1.165, 1.54) is 11.8 Å². The lowest BCUT2D eigenvalue weighted by atomic mass is 10.1. The first-order valence-electron chi connectivity index (χ1n) is 7.86. The summed E-state index contributed by atoms with van der Waals surface area (Å²) < 4.78 is 0. The molecule has 0 saturated carbocycles. The minimum Gasteiger partial charge on any atom is -0.480 e. The lowest BCUT2D eigenvalue weighted by Gasteiger charge is -2.22. The number of amides is 4. The summed E-state index contributed by atoms with van der Waals surface area (Å²) in [5.41, 5.74) is 10.4. The standard InChI is InChI=1S/C14H25N5O7S/c1-27-3-2-8(13(25)17-5-11(22)23)18-14(26)9(6-20)19-12(24)7(15)4-10(16)21/h7-9,20H,2-6,15H2,1H3,(H2,16,21)(H,17,25)(H,18,26)(H,19,24)(H,22,23). The predicted octanol–water partition coefficient (Wildman–Crippen LogP) is -3.90. The molecule has 3 unspecified atom stereocenters. The summed E-state index contributed by atoms with van der Waals surface area (Å²) in [6.45, 7) is -1.40. The highest BCUT2D eigenvalue weighted by molar-refractivity contribution is 7.98. The molecule has 0 radical (unpaired) electrons. The molecule has 0 aliphatic rings. The van der Waals surface area contributed by atoms with Crippen molar-refractivity contribution in [3.8, 4) is 0 Å². The Labute approximate surface area is 159 Å². The number of hydrogen-bond acceptors (Lipinski definition) is 8. The molecule has 154 valence electrons. The Kier molecular flexibility index (Phi) is 11.8. The smallest absolute Gasteiger partial charge is 0.322 e. The van der Waals surface area contributed by atoms with Gasteiger partial charge >= 0.3 is 5.97 Å². The van der Waals surface area contributed by atoms with Gasteiger partial charge in [-0.2, -0.15) is 11.8 Å². The number of carbonyl (C=O) groups excluding carboxylic acids is 4. The Morgan fingerprint density at radius 3 is 2.11 bits per heavy atom. The molecule has 0 bridgehead atoms. The summed E-state index contributed by atoms with van der Waals surface area (Å²) in [7, 11) is 0. The normalized spacial score (nSPS) is 13.7. The molecule has 27 heavy (non-hydrogen) atoms. The number of rotatable bonds is 13. The van der Waals surface area contributed by atoms with Crippen LogP contribution in [0.25, 0.3) is 0 Å². The maximum atomic E-state index is 12.2. The lowest BCUT2D eigenvalue weighted by molar-refractivity contribution is -0.138. The van der Waals surface area contributed by atoms with Crippen LogP contribution in [0.1, 0.15) is 12.8 Å². The van der Waals surface area contributed by atoms with Gasteiger partial charge in [0.2, 0.25) is 23.6 Å². The fourth-order valence-corrected chi connectivity index (χ4v) is 2.32. The number of thioether (sulfide) groups is 1. The van der Waals surface area contributed by atoms with Crippen LogP contribution in [0.5, 0.6) is 0 Å². The average Bonchev–Trinajstić information content (AvgIpc) is 2.59. The molecule has 13 heteroatoms. The monoisotopic (exact) mass is 407 g/mol. The van der Waals surface area contributed by atoms with Crippen LogP contribution in [0.2, 0.25) is 0 Å². The van der Waals surface area contributed by atoms with E-state index in [0.717, 1.165) is 0 Å². The first kappa shape index (κ1) is 24.6. The van der Waals surface area contributed by atoms with Gasteiger partial charge in [-0.15, -0.1) is 0 Å². The van der Waals surface area contributed by atoms with E-state index >= 15 is 0 Å². The number of primary amides is 1. The van der Waals surface area contributed by atoms with Gasteiger partial charge in [-0.1, -0.05) is 0 Å². The second kappa shape index (κ2) is 12.9. The molecule has 0 aromatic carbocycles. The first-order valence-corrected chi connectivity index (χ1v) is 9.25. The Morgan fingerprint density at radius 1 is 1.04 bits per heavy atom. The molecule has 0 aromatic rings. The minimum absolute atomic E-state index is 0.200. The third-order valence-electron chi connectivity index (χ3n) is 3.23. The number of carboxylic acid groups (broad SMARTS) is 1. The van der Waals surface area contributed by atoms with Crippen LogP contribution in [0.4, 0.5) is 0 Å². The summed E-state index contributed by atoms with van der Waals surface area (Å²) >= 11 is 1.41. The Bertz CT molecular complexity index is 560. The van der Waals surface area contributed by atoms with E-state index < -0.39 is 67.3 Å². The largest absolute Gasteiger partial charge is 0.480 e. The molecule has 0 aromatic heterocycles. The van der Waals surface area contributed by atoms with E-state index in [1.54, 1.807) is 6.26 Å². The van der Waals surface area contributed by atoms with Crippen molar-refractivity contribution in [3.05, 3.63) is 0 Å². The highest BCUT2D eigenvalue weighted by Gasteiger charge is 2.28. The second-order valence-corrected chi connectivity index (χ2v) is 6.46. The van der Waals surface area contributed by atoms with Gasteiger partial charge in [-0.25, -0.2) is 0 Å². The number of aliphatic hydroxyl groups is 1. The van der Waals surface area contributed by atoms with Gasteiger partial charge in [0, 0.05) is 0 Å². The molecule has 0 aliphatic heterocycles. The van der Waals surface area contributed by atoms with Crippen LogP contribution in [-0.4, -0.2) is 83.1 Å². The Hall–Kier alpha value is -2.38. The van der Waals surface area contributed by atoms with Crippen molar-refractivity contribution in [3.63, 3.8) is 0 Å². The fourth-order valence-electron chi connectivity index (χ4n) is 1.85. The van der Waals surface area contributed by atoms with Crippen LogP contribution in [0, 0.1) is 0 Å². The van der Waals surface area contributed by atoms with Crippen molar-refractivity contribution >= 4 is 41.4 Å². The molecule has 0 fully saturated rings. The Morgan fingerprint density at radius 2 is 1.63 bits per heavy atom. The first-order chi connectivity index (χ1) is 12.6. The van der Waals surface area contributed by atoms with Gasteiger partial charge in [0.15, 0.2) is 0 Å². The van der Waals surface area contributed by atoms with Crippen LogP contribution in [0.15, 0.2) is 0 Å². The molecular weight excluding hydrogens is 382 g/mol. The number of carbonyl (C=O) groups is 5. The summed E-state index contributed by atoms with van der Waals surface area (Å²) in [5, 5.41) is 24.6. The maximum Gasteiger partial charge on any atom is 0.322 e. The Balaban J connectivity index is 4.92. The fraction of sp³-hybridized carbons (Fsp3) is 0.643. The van der Waals surface area contributed by atoms with Gasteiger partial charge in [0.25, 0.3) is 0 Å². The number of hydrogen-bond donors (Lipinski definition) is 7. The SMILES string of the molecule is CSCCC(NC(=O)C(CO)NC(=O)C(N)CC(N)=O)C(=O)NCC(=O)O. The molecule has 9 N–H and O–H groups in total. The molecule has 0 heterocycles.